The molecule has 0 atom stereocenters. The number of aromatic amines is 4. The highest BCUT2D eigenvalue weighted by molar-refractivity contribution is 6.54. The van der Waals surface area contributed by atoms with Gasteiger partial charge in [-0.25, -0.2) is 24.9 Å². The number of nitrogens with zero attached hydrogens (tertiary/aromatic N) is 8. The largest absolute Gasteiger partial charge is 0.339 e. The molecule has 484 valence electrons. The average molecular weight is 1290 g/mol. The lowest BCUT2D eigenvalue weighted by atomic mass is 9.89. The minimum absolute atomic E-state index is 0.187. The number of aryl methyl sites for hydroxylation is 1. The molecule has 0 amide bonds. The summed E-state index contributed by atoms with van der Waals surface area (Å²) in [6, 6.07) is 28.5. The van der Waals surface area contributed by atoms with E-state index in [1.807, 2.05) is 96.5 Å². The monoisotopic (exact) mass is 1280 g/mol. The number of carbonyl (C=O) groups is 10. The molecule has 0 radical (unpaired) electrons. The molecule has 22 heteroatoms. The molecular formula is C74H68N12O10. The number of H-pyrrole nitrogens is 4. The third-order valence-electron chi connectivity index (χ3n) is 17.3. The lowest BCUT2D eigenvalue weighted by Crippen LogP contribution is -2.23. The second-order valence-corrected chi connectivity index (χ2v) is 26.7. The van der Waals surface area contributed by atoms with Crippen molar-refractivity contribution in [3.05, 3.63) is 195 Å². The number of imidazole rings is 5. The molecule has 6 aliphatic rings. The van der Waals surface area contributed by atoms with Gasteiger partial charge in [0.1, 0.15) is 91.8 Å². The van der Waals surface area contributed by atoms with Gasteiger partial charge in [0.05, 0.1) is 5.69 Å². The van der Waals surface area contributed by atoms with Crippen molar-refractivity contribution in [3.8, 4) is 56.3 Å². The van der Waals surface area contributed by atoms with Crippen molar-refractivity contribution in [2.45, 2.75) is 124 Å². The standard InChI is InChI=1S/C17H16N2O2.C15H15N3O2.C15H14N2O2.C14H13N3O2.C13H10N2O2/c20-15-12-9-5-4-8-11(12)13-14(16(15)21)19-17(18-13)10-6-2-1-3-7-10;1-15(2,3)14-17-10-11(18(14)4)8-6-5-7-16-9(8)12(19)13(10)20;1-8(2)7-11-16-12-9-5-3-4-6-10(9)14(18)15(19)13(12)17-11;1-14(2,3)13-16-8-7-5-4-6-15-9(7)11(18)12(19)10(8)17-13;1-2-9-14-10-7-5-3-4-6-8(7)12(16)13(17)11(10)15-9/h4-5,8-10H,1-3,6-7H2,(H,18,19);5-7H,1-4H3;3-6,8H,7H2,1-2H3,(H,16,17);4-6H,1-3H3,(H,16,17);3-6H,2H2,1H3,(H,14,15). The number of rotatable bonds is 4. The average Bonchev–Trinajstić information content (AvgIpc) is 1.56. The summed E-state index contributed by atoms with van der Waals surface area (Å²) in [6.07, 6.45) is 10.4. The van der Waals surface area contributed by atoms with Gasteiger partial charge in [-0.1, -0.05) is 154 Å². The fourth-order valence-electron chi connectivity index (χ4n) is 12.6. The van der Waals surface area contributed by atoms with Crippen LogP contribution in [-0.2, 0) is 30.7 Å². The predicted octanol–water partition coefficient (Wildman–Crippen LogP) is 12.5. The first-order valence-corrected chi connectivity index (χ1v) is 31.9. The number of ketones is 10. The van der Waals surface area contributed by atoms with Gasteiger partial charge in [0.25, 0.3) is 40.5 Å². The van der Waals surface area contributed by atoms with E-state index in [0.29, 0.717) is 97.4 Å². The van der Waals surface area contributed by atoms with Crippen molar-refractivity contribution in [1.82, 2.24) is 59.4 Å². The van der Waals surface area contributed by atoms with E-state index < -0.39 is 57.8 Å². The summed E-state index contributed by atoms with van der Waals surface area (Å²) in [4.78, 5) is 163. The molecule has 1 saturated carbocycles. The van der Waals surface area contributed by atoms with E-state index in [1.165, 1.54) is 31.7 Å². The molecule has 16 rings (SSSR count). The van der Waals surface area contributed by atoms with E-state index in [0.717, 1.165) is 59.3 Å². The van der Waals surface area contributed by atoms with Crippen LogP contribution in [0, 0.1) is 5.92 Å². The Bertz CT molecular complexity index is 4950. The molecule has 22 nitrogen and oxygen atoms in total. The number of hydrogen-bond acceptors (Lipinski definition) is 17. The van der Waals surface area contributed by atoms with Crippen LogP contribution in [0.15, 0.2) is 109 Å². The Morgan fingerprint density at radius 1 is 0.417 bits per heavy atom. The molecule has 6 aliphatic carbocycles. The van der Waals surface area contributed by atoms with Gasteiger partial charge in [0, 0.05) is 93.5 Å². The first-order chi connectivity index (χ1) is 45.8. The van der Waals surface area contributed by atoms with Gasteiger partial charge in [-0.2, -0.15) is 0 Å². The number of hydrogen-bond donors (Lipinski definition) is 4. The molecule has 4 N–H and O–H groups in total. The minimum atomic E-state index is -0.577. The molecule has 7 heterocycles. The van der Waals surface area contributed by atoms with Crippen LogP contribution in [0.5, 0.6) is 0 Å². The number of nitrogens with one attached hydrogen (secondary N) is 4. The van der Waals surface area contributed by atoms with Crippen LogP contribution < -0.4 is 0 Å². The molecule has 96 heavy (non-hydrogen) atoms. The first-order valence-electron chi connectivity index (χ1n) is 31.9. The summed E-state index contributed by atoms with van der Waals surface area (Å²) in [6.45, 7) is 18.2. The van der Waals surface area contributed by atoms with E-state index in [2.05, 4.69) is 68.7 Å². The molecule has 0 bridgehead atoms. The van der Waals surface area contributed by atoms with Crippen molar-refractivity contribution in [2.24, 2.45) is 13.0 Å². The summed E-state index contributed by atoms with van der Waals surface area (Å²) in [5, 5.41) is 0. The third-order valence-corrected chi connectivity index (χ3v) is 17.3. The van der Waals surface area contributed by atoms with E-state index in [1.54, 1.807) is 60.7 Å². The fraction of sp³-hybridized carbons (Fsp3) is 0.284. The molecule has 0 saturated heterocycles. The lowest BCUT2D eigenvalue weighted by molar-refractivity contribution is 0.0809. The number of aromatic nitrogens is 12. The van der Waals surface area contributed by atoms with Gasteiger partial charge >= 0.3 is 0 Å². The molecule has 3 aromatic carbocycles. The number of carbonyl (C=O) groups excluding carboxylic acids is 10. The predicted molar refractivity (Wildman–Crippen MR) is 355 cm³/mol. The van der Waals surface area contributed by atoms with E-state index >= 15 is 0 Å². The number of Topliss-reactive ketones (excluding diaryl/α,β-unsaturated/α-hetero) is 10. The Morgan fingerprint density at radius 3 is 1.32 bits per heavy atom. The Hall–Kier alpha value is -11.3. The first kappa shape index (κ1) is 64.8. The zero-order chi connectivity index (χ0) is 68.4. The molecule has 0 unspecified atom stereocenters. The maximum atomic E-state index is 12.3. The van der Waals surface area contributed by atoms with Crippen LogP contribution in [0.4, 0.5) is 0 Å². The molecule has 10 aromatic rings. The zero-order valence-electron chi connectivity index (χ0n) is 54.7. The van der Waals surface area contributed by atoms with Gasteiger partial charge in [0.2, 0.25) is 17.3 Å². The smallest absolute Gasteiger partial charge is 0.255 e. The van der Waals surface area contributed by atoms with Gasteiger partial charge in [-0.3, -0.25) is 57.9 Å². The van der Waals surface area contributed by atoms with Crippen LogP contribution in [0.1, 0.15) is 234 Å². The van der Waals surface area contributed by atoms with Gasteiger partial charge < -0.3 is 24.5 Å². The van der Waals surface area contributed by atoms with Crippen molar-refractivity contribution < 1.29 is 47.9 Å². The van der Waals surface area contributed by atoms with Crippen molar-refractivity contribution in [2.75, 3.05) is 0 Å². The van der Waals surface area contributed by atoms with Crippen LogP contribution >= 0.6 is 0 Å². The van der Waals surface area contributed by atoms with Crippen LogP contribution in [0.3, 0.4) is 0 Å². The SMILES string of the molecule is CC(C)(C)c1nc2c([nH]1)C(=O)C(=O)c1ncccc1-2.CC(C)Cc1nc2c([nH]1)C(=O)C(=O)c1ccccc1-2.CCc1nc2c([nH]1)C(=O)C(=O)c1ccccc1-2.Cn1c(C(C)(C)C)nc2c1-c1cccnc1C(=O)C2=O.O=C1C(=O)c2[nH]c(C3CCCCC3)nc2-c2ccccc21. The number of fused-ring (bicyclic) bond motifs is 15. The normalized spacial score (nSPS) is 14.9. The molecule has 7 aromatic heterocycles. The Labute approximate surface area is 551 Å². The summed E-state index contributed by atoms with van der Waals surface area (Å²) in [5.41, 5.74) is 9.49. The van der Waals surface area contributed by atoms with E-state index in [9.17, 15) is 47.9 Å². The third kappa shape index (κ3) is 11.7. The zero-order valence-corrected chi connectivity index (χ0v) is 54.7. The highest BCUT2D eigenvalue weighted by Gasteiger charge is 2.41. The number of benzene rings is 3. The van der Waals surface area contributed by atoms with Crippen LogP contribution in [0.25, 0.3) is 56.3 Å². The highest BCUT2D eigenvalue weighted by Crippen LogP contribution is 2.40. The maximum Gasteiger partial charge on any atom is 0.255 e. The summed E-state index contributed by atoms with van der Waals surface area (Å²) >= 11 is 0. The van der Waals surface area contributed by atoms with Gasteiger partial charge in [-0.15, -0.1) is 0 Å². The molecule has 0 spiro atoms. The lowest BCUT2D eigenvalue weighted by Gasteiger charge is -2.19. The van der Waals surface area contributed by atoms with Gasteiger partial charge in [-0.05, 0) is 43.0 Å². The molecule has 1 fully saturated rings. The second kappa shape index (κ2) is 25.2. The maximum absolute atomic E-state index is 12.3. The fourth-order valence-corrected chi connectivity index (χ4v) is 12.6. The quantitative estimate of drug-likeness (QED) is 0.119. The Balaban J connectivity index is 0.000000115. The minimum Gasteiger partial charge on any atom is -0.339 e. The molecule has 0 aliphatic heterocycles. The Morgan fingerprint density at radius 2 is 0.823 bits per heavy atom. The van der Waals surface area contributed by atoms with Crippen LogP contribution in [0.2, 0.25) is 0 Å². The summed E-state index contributed by atoms with van der Waals surface area (Å²) < 4.78 is 1.89. The summed E-state index contributed by atoms with van der Waals surface area (Å²) in [5.74, 6) is -0.424. The topological polar surface area (TPSA) is 329 Å². The van der Waals surface area contributed by atoms with Crippen molar-refractivity contribution in [3.63, 3.8) is 0 Å². The molecular weight excluding hydrogens is 1220 g/mol. The van der Waals surface area contributed by atoms with E-state index in [-0.39, 0.29) is 33.6 Å². The van der Waals surface area contributed by atoms with E-state index in [4.69, 9.17) is 0 Å². The summed E-state index contributed by atoms with van der Waals surface area (Å²) in [7, 11) is 1.87. The van der Waals surface area contributed by atoms with Gasteiger partial charge in [0.15, 0.2) is 0 Å². The second-order valence-electron chi connectivity index (χ2n) is 26.7. The highest BCUT2D eigenvalue weighted by atomic mass is 16.2. The van der Waals surface area contributed by atoms with Crippen LogP contribution in [-0.4, -0.2) is 117 Å². The van der Waals surface area contributed by atoms with Crippen molar-refractivity contribution >= 4 is 57.8 Å². The Kier molecular flexibility index (Phi) is 17.0. The number of pyridine rings is 2. The van der Waals surface area contributed by atoms with Crippen molar-refractivity contribution in [1.29, 1.82) is 0 Å².